The topological polar surface area (TPSA) is 129 Å². The average molecular weight is 1260 g/mol. The van der Waals surface area contributed by atoms with Gasteiger partial charge in [0.1, 0.15) is 23.8 Å². The van der Waals surface area contributed by atoms with E-state index in [2.05, 4.69) is 127 Å². The van der Waals surface area contributed by atoms with E-state index in [9.17, 15) is 0 Å². The fraction of sp³-hybridized carbons (Fsp3) is 0.825. The zero-order valence-corrected chi connectivity index (χ0v) is 61.2. The standard InChI is InChI=1S/2C40H74N2.H4NO3P/c2*1-4-6-8-10-12-14-16-18-20-22-24-26-28-30-32-34-36-39-38-42(3)40(41-39)37-35-33-31-29-27-25-23-21-19-17-15-13-11-9-7-5-2;1-5(2,3)4/h2*18-21,38H,4-17,22-37H2,1-3H3;(H4,1,2,3,4)/b2*20-18-,21-19-;. The zero-order chi connectivity index (χ0) is 64.9. The molecule has 8 nitrogen and oxygen atoms in total. The van der Waals surface area contributed by atoms with E-state index in [4.69, 9.17) is 14.4 Å². The number of nitrogens with one attached hydrogen (secondary N) is 2. The highest BCUT2D eigenvalue weighted by atomic mass is 31.2. The van der Waals surface area contributed by atoms with Gasteiger partial charge in [-0.05, 0) is 136 Å². The Morgan fingerprint density at radius 1 is 0.303 bits per heavy atom. The van der Waals surface area contributed by atoms with Gasteiger partial charge in [0.2, 0.25) is 0 Å². The van der Waals surface area contributed by atoms with Gasteiger partial charge in [-0.25, -0.2) is 19.1 Å². The van der Waals surface area contributed by atoms with E-state index in [0.29, 0.717) is 0 Å². The van der Waals surface area contributed by atoms with Gasteiger partial charge in [-0.3, -0.25) is 0 Å². The van der Waals surface area contributed by atoms with Crippen LogP contribution in [0.2, 0.25) is 0 Å². The first kappa shape index (κ1) is 86.5. The number of hydrogen-bond donors (Lipinski definition) is 3. The average Bonchev–Trinajstić information content (AvgIpc) is 3.95. The number of unbranched alkanes of at least 4 members (excludes halogenated alkanes) is 48. The number of aryl methyl sites for hydroxylation is 6. The molecule has 2 heterocycles. The monoisotopic (exact) mass is 1260 g/mol. The first-order valence-electron chi connectivity index (χ1n) is 39.1. The Bertz CT molecular complexity index is 1760. The fourth-order valence-electron chi connectivity index (χ4n) is 12.2. The van der Waals surface area contributed by atoms with Crippen LogP contribution in [-0.2, 0) is 44.3 Å². The van der Waals surface area contributed by atoms with Crippen molar-refractivity contribution in [2.24, 2.45) is 19.6 Å². The van der Waals surface area contributed by atoms with E-state index in [1.165, 1.54) is 408 Å². The predicted molar refractivity (Wildman–Crippen MR) is 388 cm³/mol. The van der Waals surface area contributed by atoms with Crippen LogP contribution in [0.4, 0.5) is 0 Å². The van der Waals surface area contributed by atoms with Gasteiger partial charge in [0.05, 0.1) is 14.1 Å². The van der Waals surface area contributed by atoms with Crippen molar-refractivity contribution < 1.29 is 23.5 Å². The minimum absolute atomic E-state index is 1.20. The molecule has 0 aliphatic heterocycles. The van der Waals surface area contributed by atoms with Gasteiger partial charge in [0, 0.05) is 25.7 Å². The molecular weight excluding hydrogens is 1110 g/mol. The van der Waals surface area contributed by atoms with Crippen molar-refractivity contribution in [1.82, 2.24) is 9.97 Å². The Kier molecular flexibility index (Phi) is 67.9. The number of aromatic amines is 2. The molecule has 2 rings (SSSR count). The second-order valence-corrected chi connectivity index (χ2v) is 28.0. The van der Waals surface area contributed by atoms with E-state index in [1.807, 2.05) is 0 Å². The van der Waals surface area contributed by atoms with Gasteiger partial charge in [0.15, 0.2) is 0 Å². The van der Waals surface area contributed by atoms with Crippen molar-refractivity contribution in [2.45, 2.75) is 413 Å². The van der Waals surface area contributed by atoms with Crippen LogP contribution in [-0.4, -0.2) is 9.97 Å². The molecule has 0 aromatic carbocycles. The lowest BCUT2D eigenvalue weighted by atomic mass is 10.1. The Hall–Kier alpha value is -2.51. The maximum absolute atomic E-state index is 8.88. The van der Waals surface area contributed by atoms with E-state index in [0.717, 1.165) is 0 Å². The number of hydrogen-bond acceptors (Lipinski definition) is 3. The molecule has 0 bridgehead atoms. The number of imidazole rings is 2. The molecule has 0 saturated carbocycles. The summed E-state index contributed by atoms with van der Waals surface area (Å²) in [5, 5.41) is 0. The quantitative estimate of drug-likeness (QED) is 0.0264. The van der Waals surface area contributed by atoms with Gasteiger partial charge < -0.3 is 19.9 Å². The van der Waals surface area contributed by atoms with E-state index < -0.39 is 7.75 Å². The summed E-state index contributed by atoms with van der Waals surface area (Å²) in [5.74, 6) is 2.84. The zero-order valence-electron chi connectivity index (χ0n) is 60.3. The number of nitrogens with two attached hydrogens (primary N) is 1. The summed E-state index contributed by atoms with van der Waals surface area (Å²) in [6.45, 7) is 9.18. The molecule has 0 radical (unpaired) electrons. The molecule has 0 aliphatic rings. The lowest BCUT2D eigenvalue weighted by molar-refractivity contribution is -0.678. The third-order valence-electron chi connectivity index (χ3n) is 17.9. The predicted octanol–water partition coefficient (Wildman–Crippen LogP) is 23.8. The molecule has 0 atom stereocenters. The second kappa shape index (κ2) is 69.8. The summed E-state index contributed by atoms with van der Waals surface area (Å²) in [4.78, 5) is 25.2. The summed E-state index contributed by atoms with van der Waals surface area (Å²) in [6, 6.07) is 0. The summed E-state index contributed by atoms with van der Waals surface area (Å²) < 4.78 is 13.6. The second-order valence-electron chi connectivity index (χ2n) is 27.0. The lowest BCUT2D eigenvalue weighted by Crippen LogP contribution is -2.30. The molecule has 89 heavy (non-hydrogen) atoms. The molecule has 9 heteroatoms. The summed E-state index contributed by atoms with van der Waals surface area (Å²) >= 11 is 0. The van der Waals surface area contributed by atoms with Crippen molar-refractivity contribution in [3.05, 3.63) is 84.0 Å². The number of H-pyrrole nitrogens is 2. The minimum Gasteiger partial charge on any atom is -0.799 e. The van der Waals surface area contributed by atoms with E-state index >= 15 is 0 Å². The van der Waals surface area contributed by atoms with Crippen molar-refractivity contribution in [3.8, 4) is 0 Å². The smallest absolute Gasteiger partial charge is 0.254 e. The highest BCUT2D eigenvalue weighted by molar-refractivity contribution is 7.46. The van der Waals surface area contributed by atoms with Crippen LogP contribution in [0.25, 0.3) is 0 Å². The van der Waals surface area contributed by atoms with Gasteiger partial charge in [-0.2, -0.15) is 0 Å². The molecule has 0 fully saturated rings. The van der Waals surface area contributed by atoms with Crippen molar-refractivity contribution in [3.63, 3.8) is 0 Å². The van der Waals surface area contributed by atoms with Crippen molar-refractivity contribution in [1.29, 1.82) is 0 Å². The Morgan fingerprint density at radius 2 is 0.461 bits per heavy atom. The van der Waals surface area contributed by atoms with Crippen LogP contribution in [0.3, 0.4) is 0 Å². The maximum atomic E-state index is 8.88. The largest absolute Gasteiger partial charge is 0.799 e. The Balaban J connectivity index is 0.00000161. The molecular formula is C80H152N5O3P. The van der Waals surface area contributed by atoms with E-state index in [1.54, 1.807) is 0 Å². The number of rotatable bonds is 64. The van der Waals surface area contributed by atoms with Gasteiger partial charge in [0.25, 0.3) is 11.6 Å². The van der Waals surface area contributed by atoms with Crippen molar-refractivity contribution >= 4 is 7.75 Å². The normalized spacial score (nSPS) is 12.0. The molecule has 2 aromatic heterocycles. The van der Waals surface area contributed by atoms with Crippen LogP contribution in [0.5, 0.6) is 0 Å². The van der Waals surface area contributed by atoms with Crippen LogP contribution in [0, 0.1) is 0 Å². The molecule has 0 saturated heterocycles. The lowest BCUT2D eigenvalue weighted by Gasteiger charge is -2.21. The highest BCUT2D eigenvalue weighted by Crippen LogP contribution is 2.17. The van der Waals surface area contributed by atoms with Crippen LogP contribution >= 0.6 is 7.75 Å². The highest BCUT2D eigenvalue weighted by Gasteiger charge is 2.13. The number of nitrogens with zero attached hydrogens (tertiary/aromatic N) is 2. The van der Waals surface area contributed by atoms with Gasteiger partial charge >= 0.3 is 0 Å². The van der Waals surface area contributed by atoms with Gasteiger partial charge in [-0.1, -0.05) is 307 Å². The molecule has 0 spiro atoms. The summed E-state index contributed by atoms with van der Waals surface area (Å²) in [5.41, 5.74) is 6.67. The number of allylic oxidation sites excluding steroid dienone is 8. The van der Waals surface area contributed by atoms with Crippen molar-refractivity contribution in [2.75, 3.05) is 0 Å². The molecule has 0 aliphatic carbocycles. The molecule has 520 valence electrons. The minimum atomic E-state index is -4.64. The SMILES string of the molecule is CCCCCCCC/C=C\CCCCCCCCc1c[n+](C)c(CCCCCCCC/C=C\CCCCCCCC)[nH]1.CCCCCCCC/C=C\CCCCCCCCc1c[n+](C)c(CCCCCCCC/C=C\CCCCCCCC)[nH]1.NP(=O)([O-])[O-]. The third-order valence-corrected chi connectivity index (χ3v) is 17.9. The Labute approximate surface area is 554 Å². The third kappa shape index (κ3) is 68.2. The Morgan fingerprint density at radius 3 is 0.652 bits per heavy atom. The van der Waals surface area contributed by atoms with E-state index in [-0.39, 0.29) is 0 Å². The summed E-state index contributed by atoms with van der Waals surface area (Å²) in [7, 11) is -0.200. The molecule has 0 unspecified atom stereocenters. The molecule has 0 amide bonds. The molecule has 2 aromatic rings. The first-order valence-corrected chi connectivity index (χ1v) is 40.7. The van der Waals surface area contributed by atoms with Crippen LogP contribution in [0.15, 0.2) is 61.0 Å². The summed E-state index contributed by atoms with van der Waals surface area (Å²) in [6.07, 6.45) is 106. The fourth-order valence-corrected chi connectivity index (χ4v) is 12.2. The van der Waals surface area contributed by atoms with Crippen LogP contribution in [0.1, 0.15) is 410 Å². The van der Waals surface area contributed by atoms with Crippen LogP contribution < -0.4 is 24.4 Å². The first-order chi connectivity index (χ1) is 43.5. The van der Waals surface area contributed by atoms with Gasteiger partial charge in [-0.15, -0.1) is 0 Å². The number of aromatic nitrogens is 4. The molecule has 4 N–H and O–H groups in total. The maximum Gasteiger partial charge on any atom is 0.254 e.